The summed E-state index contributed by atoms with van der Waals surface area (Å²) in [5.74, 6) is -0.541. The van der Waals surface area contributed by atoms with Crippen molar-refractivity contribution in [2.24, 2.45) is 0 Å². The van der Waals surface area contributed by atoms with Crippen LogP contribution in [0.4, 0.5) is 13.6 Å². The molecule has 2 atom stereocenters. The Morgan fingerprint density at radius 2 is 1.77 bits per heavy atom. The van der Waals surface area contributed by atoms with E-state index in [1.165, 1.54) is 23.1 Å². The Hall–Kier alpha value is -3.29. The van der Waals surface area contributed by atoms with Gasteiger partial charge in [-0.05, 0) is 65.9 Å². The zero-order chi connectivity index (χ0) is 24.8. The molecule has 0 spiro atoms. The largest absolute Gasteiger partial charge is 0.465 e. The van der Waals surface area contributed by atoms with E-state index >= 15 is 0 Å². The Labute approximate surface area is 205 Å². The highest BCUT2D eigenvalue weighted by Crippen LogP contribution is 2.27. The first-order chi connectivity index (χ1) is 16.9. The van der Waals surface area contributed by atoms with Crippen molar-refractivity contribution in [2.45, 2.75) is 38.5 Å². The van der Waals surface area contributed by atoms with Crippen LogP contribution in [0.15, 0.2) is 72.8 Å². The van der Waals surface area contributed by atoms with Crippen LogP contribution in [0, 0.1) is 11.6 Å². The van der Waals surface area contributed by atoms with Crippen molar-refractivity contribution in [2.75, 3.05) is 19.6 Å². The van der Waals surface area contributed by atoms with E-state index in [1.807, 2.05) is 43.3 Å². The summed E-state index contributed by atoms with van der Waals surface area (Å²) in [6, 6.07) is 20.9. The van der Waals surface area contributed by atoms with E-state index in [4.69, 9.17) is 0 Å². The second-order valence-corrected chi connectivity index (χ2v) is 8.92. The lowest BCUT2D eigenvalue weighted by Gasteiger charge is -2.39. The van der Waals surface area contributed by atoms with Crippen LogP contribution in [0.2, 0.25) is 0 Å². The minimum atomic E-state index is -0.991. The highest BCUT2D eigenvalue weighted by atomic mass is 19.1. The van der Waals surface area contributed by atoms with E-state index in [2.05, 4.69) is 10.2 Å². The van der Waals surface area contributed by atoms with Gasteiger partial charge in [0.2, 0.25) is 0 Å². The highest BCUT2D eigenvalue weighted by Gasteiger charge is 2.30. The van der Waals surface area contributed by atoms with Gasteiger partial charge in [-0.3, -0.25) is 15.1 Å². The number of amides is 1. The summed E-state index contributed by atoms with van der Waals surface area (Å²) < 4.78 is 27.3. The van der Waals surface area contributed by atoms with E-state index in [0.717, 1.165) is 22.3 Å². The molecule has 184 valence electrons. The summed E-state index contributed by atoms with van der Waals surface area (Å²) in [4.78, 5) is 16.0. The van der Waals surface area contributed by atoms with Gasteiger partial charge in [0.1, 0.15) is 17.8 Å². The standard InChI is InChI=1S/C28H31F2N3O2/c1-2-31-27(21-6-4-3-5-7-21)33(28(34)35)15-14-32-19-22-10-13-25(30)17-23(22)18-26(32)16-20-8-11-24(29)12-9-20/h3-13,17,26-27,31H,2,14-16,18-19H2,1H3,(H,34,35). The molecule has 3 aromatic rings. The average Bonchev–Trinajstić information content (AvgIpc) is 2.85. The number of nitrogens with one attached hydrogen (secondary N) is 1. The van der Waals surface area contributed by atoms with Gasteiger partial charge < -0.3 is 5.11 Å². The first-order valence-corrected chi connectivity index (χ1v) is 12.0. The van der Waals surface area contributed by atoms with E-state index in [1.54, 1.807) is 18.2 Å². The van der Waals surface area contributed by atoms with Crippen molar-refractivity contribution < 1.29 is 18.7 Å². The number of rotatable bonds is 9. The molecule has 35 heavy (non-hydrogen) atoms. The SMILES string of the molecule is CCNC(c1ccccc1)N(CCN1Cc2ccc(F)cc2CC1Cc1ccc(F)cc1)C(=O)O. The zero-order valence-corrected chi connectivity index (χ0v) is 19.8. The minimum absolute atomic E-state index is 0.0414. The fourth-order valence-corrected chi connectivity index (χ4v) is 4.83. The third kappa shape index (κ3) is 6.24. The fraction of sp³-hybridized carbons (Fsp3) is 0.321. The second-order valence-electron chi connectivity index (χ2n) is 8.92. The van der Waals surface area contributed by atoms with Crippen LogP contribution in [0.1, 0.15) is 35.3 Å². The summed E-state index contributed by atoms with van der Waals surface area (Å²) in [6.45, 7) is 4.00. The van der Waals surface area contributed by atoms with Crippen LogP contribution < -0.4 is 5.32 Å². The van der Waals surface area contributed by atoms with E-state index < -0.39 is 12.3 Å². The lowest BCUT2D eigenvalue weighted by Crippen LogP contribution is -2.49. The topological polar surface area (TPSA) is 55.8 Å². The quantitative estimate of drug-likeness (QED) is 0.413. The molecule has 5 nitrogen and oxygen atoms in total. The van der Waals surface area contributed by atoms with Gasteiger partial charge in [0.05, 0.1) is 0 Å². The van der Waals surface area contributed by atoms with Crippen molar-refractivity contribution in [3.63, 3.8) is 0 Å². The molecule has 0 aliphatic carbocycles. The van der Waals surface area contributed by atoms with Gasteiger partial charge in [0, 0.05) is 25.7 Å². The van der Waals surface area contributed by atoms with Gasteiger partial charge in [0.25, 0.3) is 0 Å². The van der Waals surface area contributed by atoms with Gasteiger partial charge >= 0.3 is 6.09 Å². The highest BCUT2D eigenvalue weighted by molar-refractivity contribution is 5.65. The molecule has 2 N–H and O–H groups in total. The number of benzene rings is 3. The molecule has 2 unspecified atom stereocenters. The summed E-state index contributed by atoms with van der Waals surface area (Å²) >= 11 is 0. The predicted molar refractivity (Wildman–Crippen MR) is 132 cm³/mol. The molecule has 0 saturated heterocycles. The van der Waals surface area contributed by atoms with E-state index in [9.17, 15) is 18.7 Å². The molecular formula is C28H31F2N3O2. The normalized spacial score (nSPS) is 16.5. The van der Waals surface area contributed by atoms with Gasteiger partial charge in [-0.25, -0.2) is 13.6 Å². The second kappa shape index (κ2) is 11.4. The maximum Gasteiger partial charge on any atom is 0.408 e. The molecule has 0 bridgehead atoms. The van der Waals surface area contributed by atoms with Gasteiger partial charge in [0.15, 0.2) is 0 Å². The molecule has 1 heterocycles. The molecule has 1 aliphatic heterocycles. The number of hydrogen-bond acceptors (Lipinski definition) is 3. The molecule has 4 rings (SSSR count). The van der Waals surface area contributed by atoms with Crippen molar-refractivity contribution in [1.82, 2.24) is 15.1 Å². The Morgan fingerprint density at radius 3 is 2.46 bits per heavy atom. The van der Waals surface area contributed by atoms with Crippen molar-refractivity contribution >= 4 is 6.09 Å². The first kappa shape index (κ1) is 24.8. The van der Waals surface area contributed by atoms with Crippen molar-refractivity contribution in [3.8, 4) is 0 Å². The monoisotopic (exact) mass is 479 g/mol. The van der Waals surface area contributed by atoms with Crippen LogP contribution in [-0.2, 0) is 19.4 Å². The van der Waals surface area contributed by atoms with E-state index in [-0.39, 0.29) is 17.7 Å². The number of carbonyl (C=O) groups is 1. The Balaban J connectivity index is 1.56. The summed E-state index contributed by atoms with van der Waals surface area (Å²) in [6.07, 6.45) is -0.138. The summed E-state index contributed by atoms with van der Waals surface area (Å²) in [5, 5.41) is 13.4. The minimum Gasteiger partial charge on any atom is -0.465 e. The maximum atomic E-state index is 13.9. The van der Waals surface area contributed by atoms with Gasteiger partial charge in [-0.1, -0.05) is 55.5 Å². The number of fused-ring (bicyclic) bond motifs is 1. The predicted octanol–water partition coefficient (Wildman–Crippen LogP) is 5.22. The van der Waals surface area contributed by atoms with E-state index in [0.29, 0.717) is 39.0 Å². The molecule has 1 aliphatic rings. The van der Waals surface area contributed by atoms with Crippen LogP contribution in [-0.4, -0.2) is 46.7 Å². The summed E-state index contributed by atoms with van der Waals surface area (Å²) in [7, 11) is 0. The number of halogens is 2. The first-order valence-electron chi connectivity index (χ1n) is 12.0. The van der Waals surface area contributed by atoms with Crippen molar-refractivity contribution in [1.29, 1.82) is 0 Å². The fourth-order valence-electron chi connectivity index (χ4n) is 4.83. The lowest BCUT2D eigenvalue weighted by atomic mass is 9.90. The van der Waals surface area contributed by atoms with Crippen LogP contribution in [0.3, 0.4) is 0 Å². The molecule has 7 heteroatoms. The van der Waals surface area contributed by atoms with Gasteiger partial charge in [-0.15, -0.1) is 0 Å². The molecule has 0 aromatic heterocycles. The average molecular weight is 480 g/mol. The number of carboxylic acid groups (broad SMARTS) is 1. The molecule has 0 saturated carbocycles. The Morgan fingerprint density at radius 1 is 1.06 bits per heavy atom. The van der Waals surface area contributed by atoms with Crippen molar-refractivity contribution in [3.05, 3.63) is 107 Å². The zero-order valence-electron chi connectivity index (χ0n) is 19.8. The lowest BCUT2D eigenvalue weighted by molar-refractivity contribution is 0.0914. The van der Waals surface area contributed by atoms with Crippen LogP contribution in [0.5, 0.6) is 0 Å². The molecule has 3 aromatic carbocycles. The maximum absolute atomic E-state index is 13.9. The smallest absolute Gasteiger partial charge is 0.408 e. The van der Waals surface area contributed by atoms with Gasteiger partial charge in [-0.2, -0.15) is 0 Å². The molecular weight excluding hydrogens is 448 g/mol. The molecule has 1 amide bonds. The number of nitrogens with zero attached hydrogens (tertiary/aromatic N) is 2. The number of hydrogen-bond donors (Lipinski definition) is 2. The van der Waals surface area contributed by atoms with Crippen LogP contribution in [0.25, 0.3) is 0 Å². The third-order valence-electron chi connectivity index (χ3n) is 6.60. The Bertz CT molecular complexity index is 1120. The third-order valence-corrected chi connectivity index (χ3v) is 6.60. The molecule has 0 fully saturated rings. The molecule has 0 radical (unpaired) electrons. The van der Waals surface area contributed by atoms with Crippen LogP contribution >= 0.6 is 0 Å². The summed E-state index contributed by atoms with van der Waals surface area (Å²) in [5.41, 5.74) is 3.90. The Kier molecular flexibility index (Phi) is 8.10.